The average Bonchev–Trinajstić information content (AvgIpc) is 2.97. The van der Waals surface area contributed by atoms with Crippen LogP contribution in [0.3, 0.4) is 0 Å². The first-order valence-corrected chi connectivity index (χ1v) is 9.46. The molecule has 2 heterocycles. The zero-order chi connectivity index (χ0) is 20.3. The summed E-state index contributed by atoms with van der Waals surface area (Å²) in [6, 6.07) is 6.95. The van der Waals surface area contributed by atoms with E-state index in [9.17, 15) is 18.0 Å². The zero-order valence-corrected chi connectivity index (χ0v) is 16.1. The van der Waals surface area contributed by atoms with Crippen molar-refractivity contribution in [2.45, 2.75) is 39.4 Å². The van der Waals surface area contributed by atoms with Gasteiger partial charge in [-0.3, -0.25) is 9.69 Å². The fraction of sp³-hybridized carbons (Fsp3) is 0.476. The summed E-state index contributed by atoms with van der Waals surface area (Å²) in [4.78, 5) is 14.6. The van der Waals surface area contributed by atoms with E-state index < -0.39 is 17.6 Å². The van der Waals surface area contributed by atoms with Gasteiger partial charge in [-0.05, 0) is 63.9 Å². The summed E-state index contributed by atoms with van der Waals surface area (Å²) < 4.78 is 44.8. The van der Waals surface area contributed by atoms with E-state index in [0.717, 1.165) is 50.1 Å². The van der Waals surface area contributed by atoms with Crippen molar-refractivity contribution < 1.29 is 22.4 Å². The summed E-state index contributed by atoms with van der Waals surface area (Å²) >= 11 is 0. The number of carbonyl (C=O) groups excluding carboxylic acids is 1. The Balaban J connectivity index is 1.49. The van der Waals surface area contributed by atoms with Gasteiger partial charge in [-0.2, -0.15) is 13.2 Å². The van der Waals surface area contributed by atoms with E-state index in [1.54, 1.807) is 0 Å². The highest BCUT2D eigenvalue weighted by molar-refractivity contribution is 5.95. The molecule has 0 unspecified atom stereocenters. The van der Waals surface area contributed by atoms with Gasteiger partial charge in [-0.15, -0.1) is 0 Å². The lowest BCUT2D eigenvalue weighted by atomic mass is 9.96. The van der Waals surface area contributed by atoms with Crippen LogP contribution >= 0.6 is 0 Å². The zero-order valence-electron chi connectivity index (χ0n) is 16.1. The maximum absolute atomic E-state index is 13.1. The van der Waals surface area contributed by atoms with Crippen LogP contribution in [0.5, 0.6) is 0 Å². The van der Waals surface area contributed by atoms with Gasteiger partial charge in [0.25, 0.3) is 5.91 Å². The molecular weight excluding hydrogens is 369 g/mol. The highest BCUT2D eigenvalue weighted by Crippen LogP contribution is 2.31. The standard InChI is InChI=1S/C21H25F3N2O2/c1-14-11-17(15(2)28-14)13-26-9-7-16(8-10-26)12-25-20(27)18-5-3-4-6-19(18)21(22,23)24/h3-6,11,16H,7-10,12-13H2,1-2H3,(H,25,27). The lowest BCUT2D eigenvalue weighted by Gasteiger charge is -2.32. The minimum Gasteiger partial charge on any atom is -0.466 e. The number of likely N-dealkylation sites (tertiary alicyclic amines) is 1. The molecule has 0 saturated carbocycles. The van der Waals surface area contributed by atoms with Gasteiger partial charge in [0.15, 0.2) is 0 Å². The van der Waals surface area contributed by atoms with E-state index in [1.165, 1.54) is 23.8 Å². The fourth-order valence-electron chi connectivity index (χ4n) is 3.69. The molecule has 1 aliphatic heterocycles. The van der Waals surface area contributed by atoms with Crippen LogP contribution in [0.2, 0.25) is 0 Å². The van der Waals surface area contributed by atoms with Crippen LogP contribution in [0.1, 0.15) is 45.8 Å². The Bertz CT molecular complexity index is 821. The van der Waals surface area contributed by atoms with Gasteiger partial charge in [0, 0.05) is 18.7 Å². The molecule has 152 valence electrons. The Hall–Kier alpha value is -2.28. The van der Waals surface area contributed by atoms with Crippen LogP contribution in [0.15, 0.2) is 34.7 Å². The first-order valence-electron chi connectivity index (χ1n) is 9.46. The van der Waals surface area contributed by atoms with Crippen molar-refractivity contribution in [3.8, 4) is 0 Å². The number of piperidine rings is 1. The van der Waals surface area contributed by atoms with Crippen molar-refractivity contribution in [2.75, 3.05) is 19.6 Å². The summed E-state index contributed by atoms with van der Waals surface area (Å²) in [6.45, 7) is 6.91. The smallest absolute Gasteiger partial charge is 0.417 e. The minimum atomic E-state index is -4.54. The van der Waals surface area contributed by atoms with Crippen molar-refractivity contribution in [3.05, 3.63) is 58.5 Å². The second-order valence-corrected chi connectivity index (χ2v) is 7.41. The minimum absolute atomic E-state index is 0.269. The largest absolute Gasteiger partial charge is 0.466 e. The van der Waals surface area contributed by atoms with Gasteiger partial charge in [-0.25, -0.2) is 0 Å². The maximum atomic E-state index is 13.1. The van der Waals surface area contributed by atoms with Crippen LogP contribution < -0.4 is 5.32 Å². The molecule has 2 aromatic rings. The molecule has 28 heavy (non-hydrogen) atoms. The number of halogens is 3. The SMILES string of the molecule is Cc1cc(CN2CCC(CNC(=O)c3ccccc3C(F)(F)F)CC2)c(C)o1. The van der Waals surface area contributed by atoms with Crippen LogP contribution in [0, 0.1) is 19.8 Å². The third-order valence-electron chi connectivity index (χ3n) is 5.27. The molecule has 0 aliphatic carbocycles. The Morgan fingerprint density at radius 1 is 1.21 bits per heavy atom. The van der Waals surface area contributed by atoms with E-state index >= 15 is 0 Å². The molecule has 4 nitrogen and oxygen atoms in total. The number of nitrogens with one attached hydrogen (secondary N) is 1. The number of hydrogen-bond donors (Lipinski definition) is 1. The number of rotatable bonds is 5. The molecule has 0 spiro atoms. The quantitative estimate of drug-likeness (QED) is 0.809. The predicted octanol–water partition coefficient (Wildman–Crippen LogP) is 4.56. The molecule has 0 bridgehead atoms. The fourth-order valence-corrected chi connectivity index (χ4v) is 3.69. The van der Waals surface area contributed by atoms with E-state index in [0.29, 0.717) is 6.54 Å². The molecule has 1 N–H and O–H groups in total. The molecule has 1 saturated heterocycles. The third-order valence-corrected chi connectivity index (χ3v) is 5.27. The Morgan fingerprint density at radius 3 is 2.50 bits per heavy atom. The van der Waals surface area contributed by atoms with Gasteiger partial charge in [0.1, 0.15) is 11.5 Å². The average molecular weight is 394 g/mol. The normalized spacial score (nSPS) is 16.3. The lowest BCUT2D eigenvalue weighted by Crippen LogP contribution is -2.38. The monoisotopic (exact) mass is 394 g/mol. The van der Waals surface area contributed by atoms with Gasteiger partial charge in [0.2, 0.25) is 0 Å². The molecule has 1 aromatic heterocycles. The Labute approximate surface area is 162 Å². The summed E-state index contributed by atoms with van der Waals surface area (Å²) in [6.07, 6.45) is -2.74. The number of carbonyl (C=O) groups is 1. The van der Waals surface area contributed by atoms with Crippen molar-refractivity contribution >= 4 is 5.91 Å². The number of nitrogens with zero attached hydrogens (tertiary/aromatic N) is 1. The van der Waals surface area contributed by atoms with E-state index in [-0.39, 0.29) is 11.5 Å². The molecule has 1 aliphatic rings. The molecule has 7 heteroatoms. The van der Waals surface area contributed by atoms with Crippen LogP contribution in [0.25, 0.3) is 0 Å². The second-order valence-electron chi connectivity index (χ2n) is 7.41. The van der Waals surface area contributed by atoms with Crippen LogP contribution in [-0.2, 0) is 12.7 Å². The van der Waals surface area contributed by atoms with Gasteiger partial charge in [0.05, 0.1) is 11.1 Å². The van der Waals surface area contributed by atoms with E-state index in [4.69, 9.17) is 4.42 Å². The first-order chi connectivity index (χ1) is 13.2. The number of amides is 1. The van der Waals surface area contributed by atoms with Crippen molar-refractivity contribution in [1.82, 2.24) is 10.2 Å². The van der Waals surface area contributed by atoms with Gasteiger partial charge in [-0.1, -0.05) is 12.1 Å². The second kappa shape index (κ2) is 8.39. The van der Waals surface area contributed by atoms with Crippen LogP contribution in [0.4, 0.5) is 13.2 Å². The number of furan rings is 1. The van der Waals surface area contributed by atoms with Crippen LogP contribution in [-0.4, -0.2) is 30.4 Å². The third kappa shape index (κ3) is 4.95. The summed E-state index contributed by atoms with van der Waals surface area (Å²) in [5.41, 5.74) is -0.0284. The summed E-state index contributed by atoms with van der Waals surface area (Å²) in [5.74, 6) is 1.45. The molecule has 1 amide bonds. The molecular formula is C21H25F3N2O2. The lowest BCUT2D eigenvalue weighted by molar-refractivity contribution is -0.137. The number of aryl methyl sites for hydroxylation is 2. The molecule has 1 aromatic carbocycles. The number of hydrogen-bond acceptors (Lipinski definition) is 3. The van der Waals surface area contributed by atoms with Crippen molar-refractivity contribution in [3.63, 3.8) is 0 Å². The summed E-state index contributed by atoms with van der Waals surface area (Å²) in [5, 5.41) is 2.69. The van der Waals surface area contributed by atoms with E-state index in [1.807, 2.05) is 13.8 Å². The topological polar surface area (TPSA) is 45.5 Å². The van der Waals surface area contributed by atoms with Gasteiger partial charge >= 0.3 is 6.18 Å². The maximum Gasteiger partial charge on any atom is 0.417 e. The highest BCUT2D eigenvalue weighted by Gasteiger charge is 2.35. The first kappa shape index (κ1) is 20.5. The Kier molecular flexibility index (Phi) is 6.13. The highest BCUT2D eigenvalue weighted by atomic mass is 19.4. The predicted molar refractivity (Wildman–Crippen MR) is 100.0 cm³/mol. The van der Waals surface area contributed by atoms with E-state index in [2.05, 4.69) is 16.3 Å². The van der Waals surface area contributed by atoms with Crippen molar-refractivity contribution in [2.24, 2.45) is 5.92 Å². The summed E-state index contributed by atoms with van der Waals surface area (Å²) in [7, 11) is 0. The Morgan fingerprint density at radius 2 is 1.89 bits per heavy atom. The number of benzene rings is 1. The number of alkyl halides is 3. The molecule has 0 radical (unpaired) electrons. The molecule has 3 rings (SSSR count). The molecule has 0 atom stereocenters. The molecule has 1 fully saturated rings. The van der Waals surface area contributed by atoms with Crippen molar-refractivity contribution in [1.29, 1.82) is 0 Å². The van der Waals surface area contributed by atoms with Gasteiger partial charge < -0.3 is 9.73 Å².